The number of carbonyl (C=O) groups excluding carboxylic acids is 1. The van der Waals surface area contributed by atoms with E-state index in [-0.39, 0.29) is 24.7 Å². The third-order valence-electron chi connectivity index (χ3n) is 10.2. The van der Waals surface area contributed by atoms with Crippen molar-refractivity contribution in [2.75, 3.05) is 39.3 Å². The smallest absolute Gasteiger partial charge is 0.247 e. The average Bonchev–Trinajstić information content (AvgIpc) is 3.54. The van der Waals surface area contributed by atoms with E-state index in [4.69, 9.17) is 0 Å². The number of carbonyl (C=O) groups is 1. The Morgan fingerprint density at radius 1 is 0.764 bits per heavy atom. The van der Waals surface area contributed by atoms with E-state index >= 15 is 0 Å². The Hall–Kier alpha value is -1.79. The van der Waals surface area contributed by atoms with Gasteiger partial charge in [-0.1, -0.05) is 128 Å². The summed E-state index contributed by atoms with van der Waals surface area (Å²) in [7, 11) is -4.42. The monoisotopic (exact) mass is 800 g/mol. The lowest BCUT2D eigenvalue weighted by atomic mass is 10.1. The fourth-order valence-corrected chi connectivity index (χ4v) is 7.19. The third-order valence-corrected chi connectivity index (χ3v) is 10.7. The van der Waals surface area contributed by atoms with Gasteiger partial charge in [0.25, 0.3) is 0 Å². The first-order chi connectivity index (χ1) is 26.6. The van der Waals surface area contributed by atoms with Crippen LogP contribution in [0.1, 0.15) is 195 Å². The first-order valence-electron chi connectivity index (χ1n) is 22.5. The second-order valence-electron chi connectivity index (χ2n) is 15.2. The maximum atomic E-state index is 12.4. The summed E-state index contributed by atoms with van der Waals surface area (Å²) in [4.78, 5) is 15.0. The Morgan fingerprint density at radius 2 is 1.27 bits per heavy atom. The highest BCUT2D eigenvalue weighted by Gasteiger charge is 2.28. The van der Waals surface area contributed by atoms with Crippen LogP contribution in [0.4, 0.5) is 0 Å². The Labute approximate surface area is 338 Å². The maximum Gasteiger partial charge on any atom is 0.247 e. The molecule has 0 fully saturated rings. The number of hydrogen-bond acceptors (Lipinski definition) is 8. The van der Waals surface area contributed by atoms with Crippen LogP contribution in [0.5, 0.6) is 0 Å². The van der Waals surface area contributed by atoms with E-state index in [9.17, 15) is 28.0 Å². The van der Waals surface area contributed by atoms with Crippen LogP contribution >= 0.6 is 0 Å². The average molecular weight is 800 g/mol. The van der Waals surface area contributed by atoms with E-state index in [1.165, 1.54) is 103 Å². The largest absolute Gasteiger partial charge is 0.726 e. The summed E-state index contributed by atoms with van der Waals surface area (Å²) in [5.74, 6) is 1.68. The first-order valence-corrected chi connectivity index (χ1v) is 23.8. The zero-order valence-corrected chi connectivity index (χ0v) is 36.6. The molecule has 55 heavy (non-hydrogen) atoms. The van der Waals surface area contributed by atoms with Gasteiger partial charge in [0, 0.05) is 12.8 Å². The van der Waals surface area contributed by atoms with Crippen molar-refractivity contribution in [3.05, 3.63) is 24.3 Å². The quantitative estimate of drug-likeness (QED) is 0.0187. The molecular formula is C44H85N3O7S. The highest BCUT2D eigenvalue weighted by Crippen LogP contribution is 2.14. The Balaban J connectivity index is 0.00000377. The number of rotatable bonds is 36. The molecule has 0 aliphatic carbocycles. The summed E-state index contributed by atoms with van der Waals surface area (Å²) < 4.78 is 34.5. The summed E-state index contributed by atoms with van der Waals surface area (Å²) in [6.07, 6.45) is 37.9. The molecule has 1 heterocycles. The van der Waals surface area contributed by atoms with Gasteiger partial charge in [0.15, 0.2) is 0 Å². The summed E-state index contributed by atoms with van der Waals surface area (Å²) in [5.41, 5.74) is 0. The van der Waals surface area contributed by atoms with Crippen LogP contribution in [0.3, 0.4) is 0 Å². The number of unbranched alkanes of at least 4 members (excludes halogenated alkanes) is 16. The molecule has 0 spiro atoms. The number of hydrogen-bond donors (Lipinski definition) is 3. The topological polar surface area (TPSA) is 142 Å². The number of aliphatic hydroxyl groups excluding tert-OH is 2. The van der Waals surface area contributed by atoms with Gasteiger partial charge in [-0.15, -0.1) is 0 Å². The lowest BCUT2D eigenvalue weighted by molar-refractivity contribution is -0.517. The van der Waals surface area contributed by atoms with Crippen LogP contribution in [0.2, 0.25) is 0 Å². The van der Waals surface area contributed by atoms with Crippen LogP contribution in [-0.2, 0) is 19.4 Å². The van der Waals surface area contributed by atoms with E-state index in [1.807, 2.05) is 0 Å². The number of nitrogens with zero attached hydrogens (tertiary/aromatic N) is 2. The van der Waals surface area contributed by atoms with Crippen LogP contribution in [0.15, 0.2) is 24.3 Å². The Bertz CT molecular complexity index is 1100. The minimum Gasteiger partial charge on any atom is -0.726 e. The Kier molecular flexibility index (Phi) is 36.5. The summed E-state index contributed by atoms with van der Waals surface area (Å²) >= 11 is 0. The number of amidine groups is 1. The van der Waals surface area contributed by atoms with Crippen molar-refractivity contribution >= 4 is 22.1 Å². The number of allylic oxidation sites excluding steroid dienone is 2. The number of amides is 1. The molecule has 324 valence electrons. The van der Waals surface area contributed by atoms with Crippen molar-refractivity contribution in [1.29, 1.82) is 0 Å². The maximum absolute atomic E-state index is 12.4. The van der Waals surface area contributed by atoms with E-state index < -0.39 is 10.4 Å². The van der Waals surface area contributed by atoms with Crippen molar-refractivity contribution in [1.82, 2.24) is 10.2 Å². The van der Waals surface area contributed by atoms with Crippen molar-refractivity contribution < 1.29 is 36.7 Å². The van der Waals surface area contributed by atoms with Crippen molar-refractivity contribution in [2.24, 2.45) is 0 Å². The van der Waals surface area contributed by atoms with Crippen molar-refractivity contribution in [3.63, 3.8) is 0 Å². The van der Waals surface area contributed by atoms with E-state index in [2.05, 4.69) is 64.1 Å². The van der Waals surface area contributed by atoms with Crippen LogP contribution in [0.25, 0.3) is 0 Å². The van der Waals surface area contributed by atoms with Crippen molar-refractivity contribution in [3.8, 4) is 0 Å². The molecule has 0 aromatic rings. The second-order valence-corrected chi connectivity index (χ2v) is 16.2. The third kappa shape index (κ3) is 35.1. The molecule has 0 saturated heterocycles. The molecule has 2 unspecified atom stereocenters. The molecule has 1 rings (SSSR count). The molecule has 2 atom stereocenters. The summed E-state index contributed by atoms with van der Waals surface area (Å²) in [6, 6.07) is 0. The predicted octanol–water partition coefficient (Wildman–Crippen LogP) is 9.35. The zero-order chi connectivity index (χ0) is 40.8. The molecule has 1 aliphatic rings. The number of likely N-dealkylation sites (N-methyl/N-ethyl adjacent to an activating group) is 1. The predicted molar refractivity (Wildman–Crippen MR) is 228 cm³/mol. The van der Waals surface area contributed by atoms with Gasteiger partial charge in [-0.05, 0) is 78.1 Å². The normalized spacial score (nSPS) is 14.6. The van der Waals surface area contributed by atoms with Crippen LogP contribution < -0.4 is 5.32 Å². The summed E-state index contributed by atoms with van der Waals surface area (Å²) in [6.45, 7) is 12.9. The molecule has 0 radical (unpaired) electrons. The molecule has 3 N–H and O–H groups in total. The van der Waals surface area contributed by atoms with E-state index in [0.717, 1.165) is 103 Å². The Morgan fingerprint density at radius 3 is 1.76 bits per heavy atom. The highest BCUT2D eigenvalue weighted by molar-refractivity contribution is 7.80. The fraction of sp³-hybridized carbons (Fsp3) is 0.864. The molecule has 10 nitrogen and oxygen atoms in total. The molecule has 1 aliphatic heterocycles. The van der Waals surface area contributed by atoms with Gasteiger partial charge in [-0.2, -0.15) is 0 Å². The lowest BCUT2D eigenvalue weighted by Gasteiger charge is -2.12. The number of nitrogens with one attached hydrogen (secondary N) is 1. The minimum atomic E-state index is -4.42. The molecule has 0 saturated carbocycles. The molecule has 0 aromatic carbocycles. The van der Waals surface area contributed by atoms with Crippen LogP contribution in [0, 0.1) is 0 Å². The molecule has 1 amide bonds. The molecular weight excluding hydrogens is 715 g/mol. The molecule has 0 bridgehead atoms. The van der Waals surface area contributed by atoms with Crippen LogP contribution in [-0.4, -0.2) is 95.9 Å². The van der Waals surface area contributed by atoms with Gasteiger partial charge in [-0.3, -0.25) is 18.5 Å². The molecule has 0 aromatic heterocycles. The summed E-state index contributed by atoms with van der Waals surface area (Å²) in [5, 5.41) is 23.3. The zero-order valence-electron chi connectivity index (χ0n) is 35.8. The van der Waals surface area contributed by atoms with E-state index in [0.29, 0.717) is 6.42 Å². The second kappa shape index (κ2) is 37.8. The SMILES string of the molecule is CCCCCCC(O)C/C=C\CCCCCCCC(=O)NCC[N+]1=C(CCCCCCC/C=C\CC(O)CCCCCC)N(CC)CC1.CCOS(=O)(=O)[O-]. The van der Waals surface area contributed by atoms with Crippen molar-refractivity contribution in [2.45, 2.75) is 207 Å². The fourth-order valence-electron chi connectivity index (χ4n) is 6.91. The number of aliphatic hydroxyl groups is 2. The minimum absolute atomic E-state index is 0.0914. The lowest BCUT2D eigenvalue weighted by Crippen LogP contribution is -2.33. The van der Waals surface area contributed by atoms with Gasteiger partial charge in [-0.25, -0.2) is 8.42 Å². The molecule has 11 heteroatoms. The van der Waals surface area contributed by atoms with Gasteiger partial charge >= 0.3 is 0 Å². The van der Waals surface area contributed by atoms with E-state index in [1.54, 1.807) is 0 Å². The standard InChI is InChI=1S/C42H79N3O3.C2H6O4S/c1-4-7-9-23-29-39(46)31-25-19-15-11-13-17-21-27-33-41(48)43-35-36-45-38-37-44(6-3)42(45)34-28-22-18-14-12-16-20-26-32-40(47)30-24-10-8-5-2;1-2-6-7(3,4)5/h19-20,25-26,39-40,46-47H,4-18,21-24,27-38H2,1-3H3;2H2,1H3,(H,3,4,5)/b25-19-,26-20-;. The first kappa shape index (κ1) is 53.2. The van der Waals surface area contributed by atoms with Gasteiger partial charge < -0.3 is 20.1 Å². The highest BCUT2D eigenvalue weighted by atomic mass is 32.3. The van der Waals surface area contributed by atoms with Gasteiger partial charge in [0.05, 0.1) is 31.9 Å². The van der Waals surface area contributed by atoms with Gasteiger partial charge in [0.2, 0.25) is 22.1 Å². The van der Waals surface area contributed by atoms with Gasteiger partial charge in [0.1, 0.15) is 19.6 Å².